The van der Waals surface area contributed by atoms with E-state index in [9.17, 15) is 13.2 Å². The largest absolute Gasteiger partial charge is 0.573 e. The van der Waals surface area contributed by atoms with Crippen molar-refractivity contribution in [2.24, 2.45) is 5.73 Å². The maximum atomic E-state index is 12.3. The van der Waals surface area contributed by atoms with Crippen molar-refractivity contribution in [1.29, 1.82) is 0 Å². The quantitative estimate of drug-likeness (QED) is 0.926. The molecule has 0 saturated heterocycles. The Morgan fingerprint density at radius 1 is 1.21 bits per heavy atom. The van der Waals surface area contributed by atoms with Crippen molar-refractivity contribution < 1.29 is 17.9 Å². The van der Waals surface area contributed by atoms with Gasteiger partial charge in [0.1, 0.15) is 5.75 Å². The van der Waals surface area contributed by atoms with Crippen molar-refractivity contribution >= 4 is 11.3 Å². The van der Waals surface area contributed by atoms with Gasteiger partial charge in [0.25, 0.3) is 0 Å². The smallest absolute Gasteiger partial charge is 0.405 e. The summed E-state index contributed by atoms with van der Waals surface area (Å²) in [6.45, 7) is 0. The van der Waals surface area contributed by atoms with E-state index in [1.165, 1.54) is 23.5 Å². The van der Waals surface area contributed by atoms with Crippen LogP contribution in [-0.2, 0) is 6.42 Å². The number of rotatable bonds is 4. The Bertz CT molecular complexity index is 525. The molecular weight excluding hydrogens is 275 g/mol. The predicted molar refractivity (Wildman–Crippen MR) is 68.1 cm³/mol. The molecule has 19 heavy (non-hydrogen) atoms. The van der Waals surface area contributed by atoms with E-state index in [4.69, 9.17) is 5.73 Å². The molecule has 1 unspecified atom stereocenters. The summed E-state index contributed by atoms with van der Waals surface area (Å²) in [7, 11) is 0. The average Bonchev–Trinajstić information content (AvgIpc) is 2.80. The Kier molecular flexibility index (Phi) is 4.11. The second-order valence-corrected chi connectivity index (χ2v) is 4.81. The molecular formula is C13H12F3NOS. The molecule has 102 valence electrons. The third kappa shape index (κ3) is 3.97. The normalized spacial score (nSPS) is 13.3. The van der Waals surface area contributed by atoms with Gasteiger partial charge in [-0.25, -0.2) is 0 Å². The van der Waals surface area contributed by atoms with Crippen LogP contribution in [0.5, 0.6) is 5.75 Å². The fraction of sp³-hybridized carbons (Fsp3) is 0.231. The first kappa shape index (κ1) is 13.9. The molecule has 0 amide bonds. The summed E-state index contributed by atoms with van der Waals surface area (Å²) >= 11 is 1.52. The van der Waals surface area contributed by atoms with Crippen molar-refractivity contribution in [3.8, 4) is 5.75 Å². The maximum Gasteiger partial charge on any atom is 0.573 e. The standard InChI is InChI=1S/C13H12F3NOS/c14-13(15,16)18-12-4-2-1-3-10(12)11(17)7-9-5-6-19-8-9/h1-6,8,11H,7,17H2. The third-order valence-corrected chi connectivity index (χ3v) is 3.31. The Labute approximate surface area is 112 Å². The van der Waals surface area contributed by atoms with E-state index in [1.54, 1.807) is 12.1 Å². The monoisotopic (exact) mass is 287 g/mol. The van der Waals surface area contributed by atoms with E-state index in [0.29, 0.717) is 12.0 Å². The summed E-state index contributed by atoms with van der Waals surface area (Å²) in [6.07, 6.45) is -4.24. The van der Waals surface area contributed by atoms with Crippen LogP contribution in [0, 0.1) is 0 Å². The van der Waals surface area contributed by atoms with Gasteiger partial charge in [0, 0.05) is 11.6 Å². The Morgan fingerprint density at radius 2 is 1.95 bits per heavy atom. The van der Waals surface area contributed by atoms with Gasteiger partial charge in [-0.05, 0) is 34.9 Å². The summed E-state index contributed by atoms with van der Waals surface area (Å²) in [5, 5.41) is 3.83. The van der Waals surface area contributed by atoms with E-state index in [0.717, 1.165) is 5.56 Å². The highest BCUT2D eigenvalue weighted by Crippen LogP contribution is 2.30. The fourth-order valence-corrected chi connectivity index (χ4v) is 2.46. The summed E-state index contributed by atoms with van der Waals surface area (Å²) in [6, 6.07) is 7.33. The minimum Gasteiger partial charge on any atom is -0.405 e. The molecule has 6 heteroatoms. The van der Waals surface area contributed by atoms with Gasteiger partial charge in [-0.3, -0.25) is 0 Å². The third-order valence-electron chi connectivity index (χ3n) is 2.58. The van der Waals surface area contributed by atoms with Crippen LogP contribution in [0.25, 0.3) is 0 Å². The molecule has 0 aliphatic heterocycles. The minimum atomic E-state index is -4.71. The van der Waals surface area contributed by atoms with Crippen LogP contribution in [-0.4, -0.2) is 6.36 Å². The van der Waals surface area contributed by atoms with E-state index in [2.05, 4.69) is 4.74 Å². The van der Waals surface area contributed by atoms with Crippen LogP contribution in [0.15, 0.2) is 41.1 Å². The van der Waals surface area contributed by atoms with Crippen LogP contribution >= 0.6 is 11.3 Å². The zero-order valence-corrected chi connectivity index (χ0v) is 10.7. The van der Waals surface area contributed by atoms with Gasteiger partial charge in [-0.1, -0.05) is 18.2 Å². The highest BCUT2D eigenvalue weighted by Gasteiger charge is 2.32. The minimum absolute atomic E-state index is 0.238. The first-order valence-electron chi connectivity index (χ1n) is 5.57. The van der Waals surface area contributed by atoms with Crippen molar-refractivity contribution in [2.75, 3.05) is 0 Å². The number of benzene rings is 1. The molecule has 0 bridgehead atoms. The number of alkyl halides is 3. The molecule has 1 aromatic heterocycles. The number of hydrogen-bond acceptors (Lipinski definition) is 3. The first-order valence-corrected chi connectivity index (χ1v) is 6.51. The van der Waals surface area contributed by atoms with Crippen LogP contribution in [0.1, 0.15) is 17.2 Å². The van der Waals surface area contributed by atoms with Crippen LogP contribution in [0.2, 0.25) is 0 Å². The van der Waals surface area contributed by atoms with Crippen molar-refractivity contribution in [2.45, 2.75) is 18.8 Å². The molecule has 1 aromatic carbocycles. The predicted octanol–water partition coefficient (Wildman–Crippen LogP) is 3.89. The molecule has 2 N–H and O–H groups in total. The number of hydrogen-bond donors (Lipinski definition) is 1. The maximum absolute atomic E-state index is 12.3. The van der Waals surface area contributed by atoms with Gasteiger partial charge in [-0.2, -0.15) is 11.3 Å². The SMILES string of the molecule is NC(Cc1ccsc1)c1ccccc1OC(F)(F)F. The van der Waals surface area contributed by atoms with E-state index in [-0.39, 0.29) is 5.75 Å². The lowest BCUT2D eigenvalue weighted by atomic mass is 10.0. The summed E-state index contributed by atoms with van der Waals surface area (Å²) in [5.41, 5.74) is 7.32. The summed E-state index contributed by atoms with van der Waals surface area (Å²) < 4.78 is 40.9. The second-order valence-electron chi connectivity index (χ2n) is 4.03. The summed E-state index contributed by atoms with van der Waals surface area (Å²) in [5.74, 6) is -0.238. The number of thiophene rings is 1. The van der Waals surface area contributed by atoms with Crippen molar-refractivity contribution in [1.82, 2.24) is 0 Å². The number of ether oxygens (including phenoxy) is 1. The van der Waals surface area contributed by atoms with Gasteiger partial charge >= 0.3 is 6.36 Å². The van der Waals surface area contributed by atoms with Gasteiger partial charge in [-0.15, -0.1) is 13.2 Å². The van der Waals surface area contributed by atoms with Gasteiger partial charge in [0.15, 0.2) is 0 Å². The summed E-state index contributed by atoms with van der Waals surface area (Å²) in [4.78, 5) is 0. The molecule has 0 spiro atoms. The Morgan fingerprint density at radius 3 is 2.58 bits per heavy atom. The van der Waals surface area contributed by atoms with Gasteiger partial charge in [0.05, 0.1) is 0 Å². The lowest BCUT2D eigenvalue weighted by molar-refractivity contribution is -0.275. The molecule has 0 aliphatic rings. The lowest BCUT2D eigenvalue weighted by Crippen LogP contribution is -2.21. The number of halogens is 3. The zero-order valence-electron chi connectivity index (χ0n) is 9.85. The average molecular weight is 287 g/mol. The van der Waals surface area contributed by atoms with Crippen LogP contribution in [0.3, 0.4) is 0 Å². The van der Waals surface area contributed by atoms with Gasteiger partial charge in [0.2, 0.25) is 0 Å². The lowest BCUT2D eigenvalue weighted by Gasteiger charge is -2.17. The molecule has 2 rings (SSSR count). The fourth-order valence-electron chi connectivity index (χ4n) is 1.78. The molecule has 1 heterocycles. The van der Waals surface area contributed by atoms with Crippen molar-refractivity contribution in [3.63, 3.8) is 0 Å². The zero-order chi connectivity index (χ0) is 13.9. The number of nitrogens with two attached hydrogens (primary N) is 1. The molecule has 1 atom stereocenters. The molecule has 0 radical (unpaired) electrons. The van der Waals surface area contributed by atoms with Crippen molar-refractivity contribution in [3.05, 3.63) is 52.2 Å². The van der Waals surface area contributed by atoms with Gasteiger partial charge < -0.3 is 10.5 Å². The first-order chi connectivity index (χ1) is 8.96. The second kappa shape index (κ2) is 5.63. The Balaban J connectivity index is 2.19. The molecule has 2 nitrogen and oxygen atoms in total. The Hall–Kier alpha value is -1.53. The van der Waals surface area contributed by atoms with Crippen LogP contribution < -0.4 is 10.5 Å². The highest BCUT2D eigenvalue weighted by atomic mass is 32.1. The van der Waals surface area contributed by atoms with E-state index >= 15 is 0 Å². The van der Waals surface area contributed by atoms with E-state index in [1.807, 2.05) is 16.8 Å². The molecule has 0 aliphatic carbocycles. The molecule has 0 saturated carbocycles. The topological polar surface area (TPSA) is 35.2 Å². The van der Waals surface area contributed by atoms with Crippen LogP contribution in [0.4, 0.5) is 13.2 Å². The molecule has 0 fully saturated rings. The highest BCUT2D eigenvalue weighted by molar-refractivity contribution is 7.07. The number of para-hydroxylation sites is 1. The van der Waals surface area contributed by atoms with E-state index < -0.39 is 12.4 Å². The molecule has 2 aromatic rings.